The van der Waals surface area contributed by atoms with E-state index in [1.807, 2.05) is 24.3 Å². The monoisotopic (exact) mass is 427 g/mol. The van der Waals surface area contributed by atoms with Crippen LogP contribution in [-0.4, -0.2) is 22.6 Å². The van der Waals surface area contributed by atoms with Gasteiger partial charge in [0.05, 0.1) is 19.3 Å². The smallest absolute Gasteiger partial charge is 0.193 e. The highest BCUT2D eigenvalue weighted by Gasteiger charge is 2.11. The van der Waals surface area contributed by atoms with Crippen molar-refractivity contribution in [2.75, 3.05) is 12.4 Å². The molecule has 1 aliphatic heterocycles. The van der Waals surface area contributed by atoms with Gasteiger partial charge in [-0.2, -0.15) is 0 Å². The van der Waals surface area contributed by atoms with Gasteiger partial charge in [0.1, 0.15) is 11.6 Å². The molecule has 2 aromatic rings. The number of halogens is 1. The van der Waals surface area contributed by atoms with Crippen LogP contribution in [0.2, 0.25) is 0 Å². The summed E-state index contributed by atoms with van der Waals surface area (Å²) >= 11 is 0. The lowest BCUT2D eigenvalue weighted by atomic mass is 10.2. The number of aromatic nitrogens is 2. The molecule has 0 saturated heterocycles. The van der Waals surface area contributed by atoms with E-state index < -0.39 is 0 Å². The van der Waals surface area contributed by atoms with Crippen molar-refractivity contribution in [2.45, 2.75) is 32.4 Å². The summed E-state index contributed by atoms with van der Waals surface area (Å²) in [5.41, 5.74) is 7.77. The first kappa shape index (κ1) is 17.6. The molecule has 0 atom stereocenters. The second-order valence-corrected chi connectivity index (χ2v) is 5.35. The summed E-state index contributed by atoms with van der Waals surface area (Å²) in [6.45, 7) is 1.56. The van der Waals surface area contributed by atoms with Gasteiger partial charge in [0.15, 0.2) is 5.96 Å². The quantitative estimate of drug-likeness (QED) is 0.447. The van der Waals surface area contributed by atoms with Crippen LogP contribution in [0.5, 0.6) is 5.75 Å². The van der Waals surface area contributed by atoms with Crippen LogP contribution >= 0.6 is 24.0 Å². The van der Waals surface area contributed by atoms with Gasteiger partial charge in [-0.05, 0) is 37.1 Å². The number of rotatable bonds is 4. The van der Waals surface area contributed by atoms with Gasteiger partial charge in [0.2, 0.25) is 0 Å². The van der Waals surface area contributed by atoms with Gasteiger partial charge in [0.25, 0.3) is 0 Å². The molecule has 7 heteroatoms. The first-order valence-electron chi connectivity index (χ1n) is 7.50. The van der Waals surface area contributed by atoms with Crippen LogP contribution in [0.3, 0.4) is 0 Å². The number of aliphatic imine (C=N–C) groups is 1. The Bertz CT molecular complexity index is 642. The van der Waals surface area contributed by atoms with E-state index in [4.69, 9.17) is 10.5 Å². The number of nitrogens with two attached hydrogens (primary N) is 1. The molecule has 3 N–H and O–H groups in total. The van der Waals surface area contributed by atoms with E-state index in [9.17, 15) is 0 Å². The predicted octanol–water partition coefficient (Wildman–Crippen LogP) is 2.77. The summed E-state index contributed by atoms with van der Waals surface area (Å²) in [7, 11) is 1.64. The lowest BCUT2D eigenvalue weighted by Crippen LogP contribution is -2.22. The lowest BCUT2D eigenvalue weighted by molar-refractivity contribution is 0.415. The summed E-state index contributed by atoms with van der Waals surface area (Å²) in [4.78, 5) is 8.96. The molecule has 0 aliphatic carbocycles. The Morgan fingerprint density at radius 3 is 2.83 bits per heavy atom. The van der Waals surface area contributed by atoms with Gasteiger partial charge in [-0.3, -0.25) is 0 Å². The molecule has 1 aromatic heterocycles. The van der Waals surface area contributed by atoms with Crippen LogP contribution in [0.4, 0.5) is 5.69 Å². The molecule has 0 unspecified atom stereocenters. The van der Waals surface area contributed by atoms with Gasteiger partial charge >= 0.3 is 0 Å². The fraction of sp³-hybridized carbons (Fsp3) is 0.375. The SMILES string of the molecule is COc1ccc(NC(N)=NCc2cn3c(n2)CCCC3)cc1.I. The average molecular weight is 427 g/mol. The average Bonchev–Trinajstić information content (AvgIpc) is 2.96. The lowest BCUT2D eigenvalue weighted by Gasteiger charge is -2.11. The standard InChI is InChI=1S/C16H21N5O.HI/c1-22-14-7-5-12(6-8-14)20-16(17)18-10-13-11-21-9-3-2-4-15(21)19-13;/h5-8,11H,2-4,9-10H2,1H3,(H3,17,18,20);1H. The molecule has 2 heterocycles. The van der Waals surface area contributed by atoms with Crippen LogP contribution in [-0.2, 0) is 19.5 Å². The number of aryl methyl sites for hydroxylation is 2. The van der Waals surface area contributed by atoms with E-state index >= 15 is 0 Å². The number of fused-ring (bicyclic) bond motifs is 1. The third-order valence-electron chi connectivity index (χ3n) is 3.73. The molecule has 0 spiro atoms. The van der Waals surface area contributed by atoms with Crippen molar-refractivity contribution in [3.8, 4) is 5.75 Å². The van der Waals surface area contributed by atoms with E-state index in [0.29, 0.717) is 12.5 Å². The van der Waals surface area contributed by atoms with Crippen LogP contribution in [0.1, 0.15) is 24.4 Å². The van der Waals surface area contributed by atoms with Crippen LogP contribution < -0.4 is 15.8 Å². The number of benzene rings is 1. The van der Waals surface area contributed by atoms with Crippen molar-refractivity contribution in [1.29, 1.82) is 0 Å². The van der Waals surface area contributed by atoms with Crippen molar-refractivity contribution < 1.29 is 4.74 Å². The third-order valence-corrected chi connectivity index (χ3v) is 3.73. The maximum Gasteiger partial charge on any atom is 0.193 e. The van der Waals surface area contributed by atoms with E-state index in [2.05, 4.69) is 26.1 Å². The zero-order chi connectivity index (χ0) is 15.4. The number of anilines is 1. The first-order valence-corrected chi connectivity index (χ1v) is 7.50. The molecule has 0 radical (unpaired) electrons. The Labute approximate surface area is 153 Å². The highest BCUT2D eigenvalue weighted by Crippen LogP contribution is 2.16. The van der Waals surface area contributed by atoms with Gasteiger partial charge in [-0.1, -0.05) is 0 Å². The Kier molecular flexibility index (Phi) is 6.26. The molecule has 0 fully saturated rings. The second kappa shape index (κ2) is 8.19. The molecular formula is C16H22IN5O. The highest BCUT2D eigenvalue weighted by molar-refractivity contribution is 14.0. The largest absolute Gasteiger partial charge is 0.497 e. The molecule has 3 rings (SSSR count). The summed E-state index contributed by atoms with van der Waals surface area (Å²) in [6, 6.07) is 7.55. The number of ether oxygens (including phenoxy) is 1. The highest BCUT2D eigenvalue weighted by atomic mass is 127. The summed E-state index contributed by atoms with van der Waals surface area (Å²) < 4.78 is 7.34. The number of methoxy groups -OCH3 is 1. The third kappa shape index (κ3) is 4.60. The fourth-order valence-electron chi connectivity index (χ4n) is 2.58. The van der Waals surface area contributed by atoms with Gasteiger partial charge in [-0.25, -0.2) is 9.98 Å². The number of hydrogen-bond donors (Lipinski definition) is 2. The Morgan fingerprint density at radius 1 is 1.35 bits per heavy atom. The molecule has 1 aromatic carbocycles. The summed E-state index contributed by atoms with van der Waals surface area (Å²) in [5.74, 6) is 2.36. The Morgan fingerprint density at radius 2 is 2.13 bits per heavy atom. The number of nitrogens with one attached hydrogen (secondary N) is 1. The van der Waals surface area contributed by atoms with Crippen molar-refractivity contribution in [3.63, 3.8) is 0 Å². The van der Waals surface area contributed by atoms with Gasteiger partial charge in [-0.15, -0.1) is 24.0 Å². The van der Waals surface area contributed by atoms with Gasteiger partial charge in [0, 0.05) is 24.8 Å². The topological polar surface area (TPSA) is 77.5 Å². The molecule has 0 saturated carbocycles. The summed E-state index contributed by atoms with van der Waals surface area (Å²) in [5, 5.41) is 3.06. The molecule has 23 heavy (non-hydrogen) atoms. The minimum absolute atomic E-state index is 0. The second-order valence-electron chi connectivity index (χ2n) is 5.35. The number of guanidine groups is 1. The summed E-state index contributed by atoms with van der Waals surface area (Å²) in [6.07, 6.45) is 5.59. The molecule has 0 amide bonds. The minimum atomic E-state index is 0. The van der Waals surface area contributed by atoms with E-state index in [0.717, 1.165) is 35.9 Å². The van der Waals surface area contributed by atoms with Crippen LogP contribution in [0.25, 0.3) is 0 Å². The Balaban J connectivity index is 0.00000192. The first-order chi connectivity index (χ1) is 10.7. The van der Waals surface area contributed by atoms with Crippen LogP contribution in [0, 0.1) is 0 Å². The number of nitrogens with zero attached hydrogens (tertiary/aromatic N) is 3. The molecular weight excluding hydrogens is 405 g/mol. The Hall–Kier alpha value is -1.77. The molecule has 0 bridgehead atoms. The van der Waals surface area contributed by atoms with Crippen LogP contribution in [0.15, 0.2) is 35.5 Å². The van der Waals surface area contributed by atoms with Crippen molar-refractivity contribution >= 4 is 35.6 Å². The maximum absolute atomic E-state index is 5.92. The zero-order valence-corrected chi connectivity index (χ0v) is 15.5. The van der Waals surface area contributed by atoms with E-state index in [-0.39, 0.29) is 24.0 Å². The van der Waals surface area contributed by atoms with Crippen molar-refractivity contribution in [3.05, 3.63) is 42.0 Å². The van der Waals surface area contributed by atoms with E-state index in [1.165, 1.54) is 12.8 Å². The van der Waals surface area contributed by atoms with Crippen molar-refractivity contribution in [2.24, 2.45) is 10.7 Å². The molecule has 1 aliphatic rings. The normalized spacial score (nSPS) is 13.9. The molecule has 6 nitrogen and oxygen atoms in total. The van der Waals surface area contributed by atoms with Crippen molar-refractivity contribution in [1.82, 2.24) is 9.55 Å². The van der Waals surface area contributed by atoms with Gasteiger partial charge < -0.3 is 20.4 Å². The number of hydrogen-bond acceptors (Lipinski definition) is 3. The van der Waals surface area contributed by atoms with E-state index in [1.54, 1.807) is 7.11 Å². The minimum Gasteiger partial charge on any atom is -0.497 e. The fourth-order valence-corrected chi connectivity index (χ4v) is 2.58. The number of imidazole rings is 1. The molecule has 124 valence electrons. The zero-order valence-electron chi connectivity index (χ0n) is 13.2. The maximum atomic E-state index is 5.92. The predicted molar refractivity (Wildman–Crippen MR) is 103 cm³/mol.